The molecule has 1 saturated heterocycles. The fraction of sp³-hybridized carbons (Fsp3) is 0.650. The number of unbranched alkanes of at least 4 members (excludes halogenated alkanes) is 1. The van der Waals surface area contributed by atoms with Crippen LogP contribution in [0, 0.1) is 5.92 Å². The van der Waals surface area contributed by atoms with Gasteiger partial charge in [0.15, 0.2) is 0 Å². The molecule has 4 heteroatoms. The van der Waals surface area contributed by atoms with Gasteiger partial charge in [0.1, 0.15) is 5.75 Å². The van der Waals surface area contributed by atoms with E-state index in [0.29, 0.717) is 0 Å². The Labute approximate surface area is 145 Å². The summed E-state index contributed by atoms with van der Waals surface area (Å²) in [6, 6.07) is 6.13. The number of methoxy groups -OCH3 is 1. The number of benzene rings is 1. The first-order chi connectivity index (χ1) is 11.8. The first-order valence-electron chi connectivity index (χ1n) is 9.53. The van der Waals surface area contributed by atoms with Crippen molar-refractivity contribution in [3.63, 3.8) is 0 Å². The molecule has 1 aliphatic heterocycles. The molecule has 0 unspecified atom stereocenters. The highest BCUT2D eigenvalue weighted by atomic mass is 16.5. The molecule has 1 fully saturated rings. The zero-order valence-electron chi connectivity index (χ0n) is 15.2. The van der Waals surface area contributed by atoms with Gasteiger partial charge in [0.25, 0.3) is 0 Å². The Morgan fingerprint density at radius 1 is 1.25 bits per heavy atom. The molecule has 0 radical (unpaired) electrons. The van der Waals surface area contributed by atoms with Crippen molar-refractivity contribution >= 4 is 10.9 Å². The molecule has 0 amide bonds. The van der Waals surface area contributed by atoms with Crippen LogP contribution in [0.15, 0.2) is 18.2 Å². The predicted octanol–water partition coefficient (Wildman–Crippen LogP) is 4.41. The van der Waals surface area contributed by atoms with E-state index >= 15 is 0 Å². The van der Waals surface area contributed by atoms with Gasteiger partial charge < -0.3 is 9.64 Å². The fourth-order valence-electron chi connectivity index (χ4n) is 3.84. The second-order valence-corrected chi connectivity index (χ2v) is 7.12. The summed E-state index contributed by atoms with van der Waals surface area (Å²) < 4.78 is 5.26. The van der Waals surface area contributed by atoms with Crippen LogP contribution in [0.2, 0.25) is 0 Å². The average Bonchev–Trinajstić information content (AvgIpc) is 3.03. The third-order valence-electron chi connectivity index (χ3n) is 5.42. The van der Waals surface area contributed by atoms with Gasteiger partial charge in [0.2, 0.25) is 0 Å². The van der Waals surface area contributed by atoms with Gasteiger partial charge in [-0.25, -0.2) is 0 Å². The van der Waals surface area contributed by atoms with Gasteiger partial charge in [-0.2, -0.15) is 5.10 Å². The number of nitrogens with zero attached hydrogens (tertiary/aromatic N) is 2. The van der Waals surface area contributed by atoms with Crippen molar-refractivity contribution in [2.24, 2.45) is 5.92 Å². The van der Waals surface area contributed by atoms with Crippen LogP contribution in [-0.2, 0) is 6.42 Å². The number of piperidine rings is 1. The lowest BCUT2D eigenvalue weighted by Gasteiger charge is -2.31. The Hall–Kier alpha value is -1.55. The number of hydrogen-bond donors (Lipinski definition) is 1. The molecule has 2 aromatic rings. The highest BCUT2D eigenvalue weighted by molar-refractivity contribution is 5.82. The minimum absolute atomic E-state index is 0.867. The zero-order chi connectivity index (χ0) is 16.8. The number of H-pyrrole nitrogens is 1. The average molecular weight is 329 g/mol. The predicted molar refractivity (Wildman–Crippen MR) is 99.7 cm³/mol. The smallest absolute Gasteiger partial charge is 0.121 e. The Bertz CT molecular complexity index is 629. The van der Waals surface area contributed by atoms with Crippen LogP contribution in [0.5, 0.6) is 5.75 Å². The summed E-state index contributed by atoms with van der Waals surface area (Å²) in [5.74, 6) is 1.85. The Morgan fingerprint density at radius 2 is 2.08 bits per heavy atom. The fourth-order valence-corrected chi connectivity index (χ4v) is 3.84. The normalized spacial score (nSPS) is 16.8. The Kier molecular flexibility index (Phi) is 6.13. The maximum absolute atomic E-state index is 5.26. The monoisotopic (exact) mass is 329 g/mol. The molecule has 0 saturated carbocycles. The minimum Gasteiger partial charge on any atom is -0.497 e. The van der Waals surface area contributed by atoms with Gasteiger partial charge in [-0.3, -0.25) is 5.10 Å². The van der Waals surface area contributed by atoms with Gasteiger partial charge in [-0.05, 0) is 63.4 Å². The van der Waals surface area contributed by atoms with Crippen molar-refractivity contribution < 1.29 is 4.74 Å². The lowest BCUT2D eigenvalue weighted by molar-refractivity contribution is 0.176. The second kappa shape index (κ2) is 8.52. The van der Waals surface area contributed by atoms with Gasteiger partial charge in [0, 0.05) is 17.1 Å². The topological polar surface area (TPSA) is 41.2 Å². The zero-order valence-corrected chi connectivity index (χ0v) is 15.2. The molecule has 24 heavy (non-hydrogen) atoms. The van der Waals surface area contributed by atoms with E-state index in [1.807, 2.05) is 12.1 Å². The highest BCUT2D eigenvalue weighted by Gasteiger charge is 2.18. The van der Waals surface area contributed by atoms with Gasteiger partial charge in [0.05, 0.1) is 12.6 Å². The van der Waals surface area contributed by atoms with Gasteiger partial charge in [-0.15, -0.1) is 0 Å². The molecule has 0 aliphatic carbocycles. The lowest BCUT2D eigenvalue weighted by Crippen LogP contribution is -2.34. The molecule has 0 atom stereocenters. The molecule has 0 spiro atoms. The van der Waals surface area contributed by atoms with Crippen LogP contribution >= 0.6 is 0 Å². The summed E-state index contributed by atoms with van der Waals surface area (Å²) in [6.07, 6.45) is 9.24. The van der Waals surface area contributed by atoms with E-state index in [4.69, 9.17) is 4.74 Å². The van der Waals surface area contributed by atoms with Crippen molar-refractivity contribution in [1.82, 2.24) is 15.1 Å². The highest BCUT2D eigenvalue weighted by Crippen LogP contribution is 2.24. The molecule has 1 aromatic heterocycles. The molecule has 132 valence electrons. The lowest BCUT2D eigenvalue weighted by atomic mass is 9.91. The molecule has 1 aliphatic rings. The number of ether oxygens (including phenoxy) is 1. The molecule has 1 aromatic carbocycles. The van der Waals surface area contributed by atoms with Crippen molar-refractivity contribution in [1.29, 1.82) is 0 Å². The molecular weight excluding hydrogens is 298 g/mol. The SMILES string of the molecule is CCCCC1CCN(CCCc2[nH]nc3cc(OC)ccc23)CC1. The molecule has 0 bridgehead atoms. The van der Waals surface area contributed by atoms with E-state index in [0.717, 1.165) is 23.6 Å². The number of rotatable bonds is 8. The standard InChI is InChI=1S/C20H31N3O/c1-3-4-6-16-10-13-23(14-11-16)12-5-7-19-18-9-8-17(24-2)15-20(18)22-21-19/h8-9,15-16H,3-7,10-14H2,1-2H3,(H,21,22). The number of aryl methyl sites for hydroxylation is 1. The summed E-state index contributed by atoms with van der Waals surface area (Å²) in [5, 5.41) is 8.85. The second-order valence-electron chi connectivity index (χ2n) is 7.12. The van der Waals surface area contributed by atoms with Gasteiger partial charge in [-0.1, -0.05) is 26.2 Å². The minimum atomic E-state index is 0.867. The van der Waals surface area contributed by atoms with Crippen molar-refractivity contribution in [3.05, 3.63) is 23.9 Å². The van der Waals surface area contributed by atoms with E-state index < -0.39 is 0 Å². The third kappa shape index (κ3) is 4.29. The van der Waals surface area contributed by atoms with Crippen LogP contribution in [0.25, 0.3) is 10.9 Å². The van der Waals surface area contributed by atoms with E-state index in [1.54, 1.807) is 7.11 Å². The molecule has 3 rings (SSSR count). The van der Waals surface area contributed by atoms with Crippen LogP contribution in [0.1, 0.15) is 51.1 Å². The third-order valence-corrected chi connectivity index (χ3v) is 5.42. The van der Waals surface area contributed by atoms with Crippen LogP contribution in [-0.4, -0.2) is 41.8 Å². The molecule has 2 heterocycles. The van der Waals surface area contributed by atoms with Crippen LogP contribution in [0.4, 0.5) is 0 Å². The van der Waals surface area contributed by atoms with E-state index in [1.165, 1.54) is 69.2 Å². The summed E-state index contributed by atoms with van der Waals surface area (Å²) >= 11 is 0. The number of likely N-dealkylation sites (tertiary alicyclic amines) is 1. The summed E-state index contributed by atoms with van der Waals surface area (Å²) in [4.78, 5) is 2.64. The van der Waals surface area contributed by atoms with Crippen LogP contribution in [0.3, 0.4) is 0 Å². The maximum atomic E-state index is 5.26. The van der Waals surface area contributed by atoms with Crippen molar-refractivity contribution in [2.75, 3.05) is 26.7 Å². The summed E-state index contributed by atoms with van der Waals surface area (Å²) in [5.41, 5.74) is 2.26. The van der Waals surface area contributed by atoms with Crippen molar-refractivity contribution in [3.8, 4) is 5.75 Å². The first kappa shape index (κ1) is 17.3. The number of hydrogen-bond acceptors (Lipinski definition) is 3. The van der Waals surface area contributed by atoms with Crippen LogP contribution < -0.4 is 4.74 Å². The van der Waals surface area contributed by atoms with Gasteiger partial charge >= 0.3 is 0 Å². The molecular formula is C20H31N3O. The quantitative estimate of drug-likeness (QED) is 0.780. The Morgan fingerprint density at radius 3 is 2.83 bits per heavy atom. The van der Waals surface area contributed by atoms with Crippen molar-refractivity contribution in [2.45, 2.75) is 51.9 Å². The largest absolute Gasteiger partial charge is 0.497 e. The number of aromatic amines is 1. The Balaban J connectivity index is 1.44. The van der Waals surface area contributed by atoms with E-state index in [2.05, 4.69) is 28.1 Å². The maximum Gasteiger partial charge on any atom is 0.121 e. The first-order valence-corrected chi connectivity index (χ1v) is 9.53. The van der Waals surface area contributed by atoms with E-state index in [-0.39, 0.29) is 0 Å². The molecule has 4 nitrogen and oxygen atoms in total. The number of nitrogens with one attached hydrogen (secondary N) is 1. The number of aromatic nitrogens is 2. The molecule has 1 N–H and O–H groups in total. The summed E-state index contributed by atoms with van der Waals surface area (Å²) in [7, 11) is 1.69. The summed E-state index contributed by atoms with van der Waals surface area (Å²) in [6.45, 7) is 6.08. The van der Waals surface area contributed by atoms with E-state index in [9.17, 15) is 0 Å². The number of fused-ring (bicyclic) bond motifs is 1.